The summed E-state index contributed by atoms with van der Waals surface area (Å²) in [4.78, 5) is 50.0. The molecule has 0 fully saturated rings. The number of carbonyl (C=O) groups excluding carboxylic acids is 4. The molecule has 0 spiro atoms. The Morgan fingerprint density at radius 3 is 2.31 bits per heavy atom. The summed E-state index contributed by atoms with van der Waals surface area (Å²) < 4.78 is 11.8. The summed E-state index contributed by atoms with van der Waals surface area (Å²) in [6, 6.07) is 12.7. The molecular formula is C26H29N3O6. The summed E-state index contributed by atoms with van der Waals surface area (Å²) in [5.74, 6) is -1.53. The first-order valence-electron chi connectivity index (χ1n) is 11.1. The van der Waals surface area contributed by atoms with Gasteiger partial charge in [0.2, 0.25) is 5.91 Å². The topological polar surface area (TPSA) is 116 Å². The van der Waals surface area contributed by atoms with Gasteiger partial charge in [-0.3, -0.25) is 14.2 Å². The maximum absolute atomic E-state index is 13.1. The molecule has 1 atom stereocenters. The van der Waals surface area contributed by atoms with E-state index in [0.717, 1.165) is 5.39 Å². The van der Waals surface area contributed by atoms with E-state index in [1.807, 2.05) is 12.1 Å². The van der Waals surface area contributed by atoms with Gasteiger partial charge in [-0.15, -0.1) is 0 Å². The fourth-order valence-corrected chi connectivity index (χ4v) is 3.65. The number of hydrogen-bond acceptors (Lipinski definition) is 6. The number of hydrogen-bond donors (Lipinski definition) is 2. The number of aromatic nitrogens is 1. The standard InChI is InChI=1S/C26H29N3O6/c1-16(30)27-20-12-8-6-11-19(20)23(31)28-21(24(32)34-5)14-17-15-29(25(33)35-26(2,3)4)22-13-9-7-10-18(17)22/h6-13,15,21H,14H2,1-5H3,(H,27,30)(H,28,31)/t21-/m1/s1. The number of ether oxygens (including phenoxy) is 2. The number of amides is 2. The lowest BCUT2D eigenvalue weighted by Crippen LogP contribution is -2.43. The summed E-state index contributed by atoms with van der Waals surface area (Å²) in [5, 5.41) is 6.04. The van der Waals surface area contributed by atoms with Gasteiger partial charge in [0.25, 0.3) is 5.91 Å². The van der Waals surface area contributed by atoms with Gasteiger partial charge in [-0.2, -0.15) is 0 Å². The maximum Gasteiger partial charge on any atom is 0.419 e. The third-order valence-electron chi connectivity index (χ3n) is 5.08. The zero-order valence-electron chi connectivity index (χ0n) is 20.4. The van der Waals surface area contributed by atoms with Gasteiger partial charge >= 0.3 is 12.1 Å². The zero-order chi connectivity index (χ0) is 25.8. The van der Waals surface area contributed by atoms with Crippen molar-refractivity contribution in [3.05, 3.63) is 65.9 Å². The summed E-state index contributed by atoms with van der Waals surface area (Å²) >= 11 is 0. The number of benzene rings is 2. The van der Waals surface area contributed by atoms with Gasteiger partial charge in [0.15, 0.2) is 0 Å². The Morgan fingerprint density at radius 2 is 1.66 bits per heavy atom. The van der Waals surface area contributed by atoms with Crippen LogP contribution < -0.4 is 10.6 Å². The van der Waals surface area contributed by atoms with Gasteiger partial charge in [-0.05, 0) is 44.5 Å². The number of esters is 1. The third-order valence-corrected chi connectivity index (χ3v) is 5.08. The zero-order valence-corrected chi connectivity index (χ0v) is 20.4. The second-order valence-electron chi connectivity index (χ2n) is 9.00. The maximum atomic E-state index is 13.1. The van der Waals surface area contributed by atoms with E-state index in [0.29, 0.717) is 16.8 Å². The number of rotatable bonds is 6. The third kappa shape index (κ3) is 6.26. The van der Waals surface area contributed by atoms with E-state index in [-0.39, 0.29) is 17.9 Å². The van der Waals surface area contributed by atoms with Crippen LogP contribution in [0.15, 0.2) is 54.7 Å². The molecule has 9 nitrogen and oxygen atoms in total. The first-order valence-corrected chi connectivity index (χ1v) is 11.1. The Hall–Kier alpha value is -4.14. The van der Waals surface area contributed by atoms with E-state index < -0.39 is 29.6 Å². The van der Waals surface area contributed by atoms with Crippen LogP contribution in [0.1, 0.15) is 43.6 Å². The Balaban J connectivity index is 1.93. The van der Waals surface area contributed by atoms with Gasteiger partial charge < -0.3 is 20.1 Å². The summed E-state index contributed by atoms with van der Waals surface area (Å²) in [7, 11) is 1.23. The quantitative estimate of drug-likeness (QED) is 0.518. The van der Waals surface area contributed by atoms with Crippen molar-refractivity contribution in [3.8, 4) is 0 Å². The van der Waals surface area contributed by atoms with Gasteiger partial charge in [0.05, 0.1) is 23.9 Å². The molecule has 0 aliphatic carbocycles. The Kier molecular flexibility index (Phi) is 7.58. The molecule has 0 unspecified atom stereocenters. The molecule has 0 saturated carbocycles. The minimum absolute atomic E-state index is 0.0665. The van der Waals surface area contributed by atoms with E-state index in [9.17, 15) is 19.2 Å². The van der Waals surface area contributed by atoms with Crippen molar-refractivity contribution in [2.75, 3.05) is 12.4 Å². The van der Waals surface area contributed by atoms with Crippen molar-refractivity contribution in [2.45, 2.75) is 45.8 Å². The van der Waals surface area contributed by atoms with Crippen LogP contribution in [0.4, 0.5) is 10.5 Å². The lowest BCUT2D eigenvalue weighted by molar-refractivity contribution is -0.142. The van der Waals surface area contributed by atoms with Crippen LogP contribution in [-0.4, -0.2) is 47.2 Å². The second-order valence-corrected chi connectivity index (χ2v) is 9.00. The summed E-state index contributed by atoms with van der Waals surface area (Å²) in [5.41, 5.74) is 1.10. The Labute approximate surface area is 203 Å². The van der Waals surface area contributed by atoms with Crippen LogP contribution in [0.3, 0.4) is 0 Å². The van der Waals surface area contributed by atoms with Crippen molar-refractivity contribution < 1.29 is 28.7 Å². The van der Waals surface area contributed by atoms with Crippen molar-refractivity contribution in [1.82, 2.24) is 9.88 Å². The van der Waals surface area contributed by atoms with Crippen molar-refractivity contribution >= 4 is 40.5 Å². The summed E-state index contributed by atoms with van der Waals surface area (Å²) in [6.45, 7) is 6.67. The van der Waals surface area contributed by atoms with E-state index >= 15 is 0 Å². The average Bonchev–Trinajstić information content (AvgIpc) is 3.15. The molecule has 0 aliphatic heterocycles. The van der Waals surface area contributed by atoms with Crippen molar-refractivity contribution in [2.24, 2.45) is 0 Å². The average molecular weight is 480 g/mol. The molecule has 3 aromatic rings. The molecule has 0 bridgehead atoms. The number of para-hydroxylation sites is 2. The largest absolute Gasteiger partial charge is 0.467 e. The molecular weight excluding hydrogens is 450 g/mol. The van der Waals surface area contributed by atoms with Crippen LogP contribution in [0.5, 0.6) is 0 Å². The van der Waals surface area contributed by atoms with Crippen molar-refractivity contribution in [1.29, 1.82) is 0 Å². The second kappa shape index (κ2) is 10.4. The molecule has 3 rings (SSSR count). The smallest absolute Gasteiger partial charge is 0.419 e. The normalized spacial score (nSPS) is 12.0. The minimum atomic E-state index is -1.05. The number of carbonyl (C=O) groups is 4. The predicted molar refractivity (Wildman–Crippen MR) is 131 cm³/mol. The molecule has 9 heteroatoms. The summed E-state index contributed by atoms with van der Waals surface area (Å²) in [6.07, 6.45) is 1.12. The molecule has 35 heavy (non-hydrogen) atoms. The lowest BCUT2D eigenvalue weighted by Gasteiger charge is -2.19. The van der Waals surface area contributed by atoms with E-state index in [4.69, 9.17) is 9.47 Å². The minimum Gasteiger partial charge on any atom is -0.467 e. The van der Waals surface area contributed by atoms with Gasteiger partial charge in [-0.1, -0.05) is 30.3 Å². The number of nitrogens with one attached hydrogen (secondary N) is 2. The van der Waals surface area contributed by atoms with E-state index in [2.05, 4.69) is 10.6 Å². The number of fused-ring (bicyclic) bond motifs is 1. The van der Waals surface area contributed by atoms with Crippen LogP contribution in [-0.2, 0) is 25.5 Å². The molecule has 0 radical (unpaired) electrons. The van der Waals surface area contributed by atoms with Gasteiger partial charge in [0, 0.05) is 24.9 Å². The first-order chi connectivity index (χ1) is 16.5. The highest BCUT2D eigenvalue weighted by molar-refractivity contribution is 6.04. The van der Waals surface area contributed by atoms with E-state index in [1.54, 1.807) is 63.4 Å². The van der Waals surface area contributed by atoms with Crippen molar-refractivity contribution in [3.63, 3.8) is 0 Å². The number of methoxy groups -OCH3 is 1. The first kappa shape index (κ1) is 25.5. The Morgan fingerprint density at radius 1 is 1.00 bits per heavy atom. The highest BCUT2D eigenvalue weighted by Crippen LogP contribution is 2.24. The van der Waals surface area contributed by atoms with Crippen LogP contribution >= 0.6 is 0 Å². The Bertz CT molecular complexity index is 1270. The highest BCUT2D eigenvalue weighted by atomic mass is 16.6. The molecule has 2 N–H and O–H groups in total. The highest BCUT2D eigenvalue weighted by Gasteiger charge is 2.27. The van der Waals surface area contributed by atoms with E-state index in [1.165, 1.54) is 18.6 Å². The molecule has 0 saturated heterocycles. The molecule has 184 valence electrons. The SMILES string of the molecule is COC(=O)[C@@H](Cc1cn(C(=O)OC(C)(C)C)c2ccccc12)NC(=O)c1ccccc1NC(C)=O. The molecule has 2 amide bonds. The fourth-order valence-electron chi connectivity index (χ4n) is 3.65. The van der Waals surface area contributed by atoms with Crippen LogP contribution in [0.25, 0.3) is 10.9 Å². The monoisotopic (exact) mass is 479 g/mol. The molecule has 0 aliphatic rings. The molecule has 1 heterocycles. The lowest BCUT2D eigenvalue weighted by atomic mass is 10.0. The van der Waals surface area contributed by atoms with Gasteiger partial charge in [0.1, 0.15) is 11.6 Å². The number of anilines is 1. The predicted octanol–water partition coefficient (Wildman–Crippen LogP) is 3.90. The molecule has 2 aromatic carbocycles. The van der Waals surface area contributed by atoms with Crippen LogP contribution in [0.2, 0.25) is 0 Å². The van der Waals surface area contributed by atoms with Gasteiger partial charge in [-0.25, -0.2) is 9.59 Å². The fraction of sp³-hybridized carbons (Fsp3) is 0.308. The number of nitrogens with zero attached hydrogens (tertiary/aromatic N) is 1. The molecule has 1 aromatic heterocycles. The van der Waals surface area contributed by atoms with Crippen LogP contribution in [0, 0.1) is 0 Å².